The Morgan fingerprint density at radius 1 is 1.52 bits per heavy atom. The number of nitrogens with zero attached hydrogens (tertiary/aromatic N) is 3. The van der Waals surface area contributed by atoms with Crippen LogP contribution >= 0.6 is 0 Å². The molecule has 0 radical (unpaired) electrons. The zero-order chi connectivity index (χ0) is 14.8. The average molecular weight is 292 g/mol. The molecule has 1 aromatic rings. The van der Waals surface area contributed by atoms with Crippen LogP contribution in [0, 0.1) is 12.8 Å². The summed E-state index contributed by atoms with van der Waals surface area (Å²) >= 11 is 0. The van der Waals surface area contributed by atoms with Gasteiger partial charge in [0.25, 0.3) is 0 Å². The van der Waals surface area contributed by atoms with Crippen molar-refractivity contribution in [2.45, 2.75) is 32.2 Å². The standard InChI is InChI=1S/C15H24N4O2/c1-11-8-14(18(2)17-11)16-15(20)13-10-21-7-6-19(13)9-12-4-3-5-12/h8,12-13H,3-7,9-10H2,1-2H3,(H,16,20). The number of rotatable bonds is 4. The molecule has 0 spiro atoms. The molecule has 2 aliphatic rings. The number of ether oxygens (including phenoxy) is 1. The van der Waals surface area contributed by atoms with Gasteiger partial charge in [0, 0.05) is 26.2 Å². The normalized spacial score (nSPS) is 23.8. The van der Waals surface area contributed by atoms with Gasteiger partial charge in [-0.15, -0.1) is 0 Å². The molecule has 2 heterocycles. The summed E-state index contributed by atoms with van der Waals surface area (Å²) in [5.41, 5.74) is 0.902. The van der Waals surface area contributed by atoms with Crippen molar-refractivity contribution in [1.29, 1.82) is 0 Å². The number of hydrogen-bond acceptors (Lipinski definition) is 4. The van der Waals surface area contributed by atoms with E-state index in [1.165, 1.54) is 19.3 Å². The number of morpholine rings is 1. The number of hydrogen-bond donors (Lipinski definition) is 1. The first-order valence-electron chi connectivity index (χ1n) is 7.77. The summed E-state index contributed by atoms with van der Waals surface area (Å²) in [6.45, 7) is 4.99. The molecule has 6 nitrogen and oxygen atoms in total. The fourth-order valence-electron chi connectivity index (χ4n) is 3.04. The second-order valence-electron chi connectivity index (χ2n) is 6.17. The van der Waals surface area contributed by atoms with Crippen LogP contribution in [0.25, 0.3) is 0 Å². The quantitative estimate of drug-likeness (QED) is 0.905. The van der Waals surface area contributed by atoms with Crippen LogP contribution in [-0.4, -0.2) is 52.9 Å². The molecule has 1 atom stereocenters. The molecular formula is C15H24N4O2. The second kappa shape index (κ2) is 6.15. The van der Waals surface area contributed by atoms with Crippen molar-refractivity contribution in [3.63, 3.8) is 0 Å². The summed E-state index contributed by atoms with van der Waals surface area (Å²) in [4.78, 5) is 14.8. The molecule has 3 rings (SSSR count). The number of amides is 1. The summed E-state index contributed by atoms with van der Waals surface area (Å²) in [6.07, 6.45) is 3.93. The van der Waals surface area contributed by atoms with Crippen LogP contribution in [0.5, 0.6) is 0 Å². The molecule has 21 heavy (non-hydrogen) atoms. The molecule has 1 saturated heterocycles. The molecule has 1 N–H and O–H groups in total. The number of aryl methyl sites for hydroxylation is 2. The third kappa shape index (κ3) is 3.27. The lowest BCUT2D eigenvalue weighted by Gasteiger charge is -2.39. The van der Waals surface area contributed by atoms with E-state index in [9.17, 15) is 4.79 Å². The minimum Gasteiger partial charge on any atom is -0.378 e. The number of nitrogens with one attached hydrogen (secondary N) is 1. The van der Waals surface area contributed by atoms with Gasteiger partial charge in [0.2, 0.25) is 5.91 Å². The van der Waals surface area contributed by atoms with Gasteiger partial charge in [-0.25, -0.2) is 0 Å². The number of carbonyl (C=O) groups is 1. The molecule has 2 fully saturated rings. The Bertz CT molecular complexity index is 510. The minimum absolute atomic E-state index is 0.0111. The van der Waals surface area contributed by atoms with E-state index in [1.54, 1.807) is 4.68 Å². The van der Waals surface area contributed by atoms with Crippen molar-refractivity contribution in [2.24, 2.45) is 13.0 Å². The highest BCUT2D eigenvalue weighted by Gasteiger charge is 2.32. The van der Waals surface area contributed by atoms with Crippen LogP contribution in [0.2, 0.25) is 0 Å². The van der Waals surface area contributed by atoms with Gasteiger partial charge in [0.1, 0.15) is 11.9 Å². The summed E-state index contributed by atoms with van der Waals surface area (Å²) in [7, 11) is 1.84. The van der Waals surface area contributed by atoms with E-state index in [0.717, 1.165) is 37.1 Å². The number of aromatic nitrogens is 2. The van der Waals surface area contributed by atoms with Crippen molar-refractivity contribution in [2.75, 3.05) is 31.6 Å². The van der Waals surface area contributed by atoms with Crippen molar-refractivity contribution in [1.82, 2.24) is 14.7 Å². The first-order chi connectivity index (χ1) is 10.1. The van der Waals surface area contributed by atoms with Crippen LogP contribution in [0.4, 0.5) is 5.82 Å². The average Bonchev–Trinajstić information content (AvgIpc) is 2.72. The summed E-state index contributed by atoms with van der Waals surface area (Å²) in [5, 5.41) is 7.24. The number of anilines is 1. The minimum atomic E-state index is -0.186. The van der Waals surface area contributed by atoms with Crippen molar-refractivity contribution < 1.29 is 9.53 Å². The highest BCUT2D eigenvalue weighted by molar-refractivity contribution is 5.94. The van der Waals surface area contributed by atoms with Gasteiger partial charge in [-0.05, 0) is 25.7 Å². The van der Waals surface area contributed by atoms with Crippen molar-refractivity contribution in [3.8, 4) is 0 Å². The Hall–Kier alpha value is -1.40. The lowest BCUT2D eigenvalue weighted by atomic mass is 9.84. The lowest BCUT2D eigenvalue weighted by molar-refractivity contribution is -0.128. The molecule has 1 amide bonds. The fourth-order valence-corrected chi connectivity index (χ4v) is 3.04. The van der Waals surface area contributed by atoms with Crippen LogP contribution in [0.3, 0.4) is 0 Å². The van der Waals surface area contributed by atoms with Gasteiger partial charge in [-0.2, -0.15) is 5.10 Å². The van der Waals surface area contributed by atoms with Gasteiger partial charge in [0.05, 0.1) is 18.9 Å². The first-order valence-corrected chi connectivity index (χ1v) is 7.77. The van der Waals surface area contributed by atoms with Gasteiger partial charge in [-0.3, -0.25) is 14.4 Å². The highest BCUT2D eigenvalue weighted by atomic mass is 16.5. The molecule has 1 aromatic heterocycles. The maximum absolute atomic E-state index is 12.6. The molecule has 116 valence electrons. The smallest absolute Gasteiger partial charge is 0.245 e. The molecule has 1 aliphatic heterocycles. The zero-order valence-electron chi connectivity index (χ0n) is 12.8. The molecule has 1 aliphatic carbocycles. The molecule has 0 bridgehead atoms. The first kappa shape index (κ1) is 14.5. The summed E-state index contributed by atoms with van der Waals surface area (Å²) < 4.78 is 7.22. The van der Waals surface area contributed by atoms with Gasteiger partial charge >= 0.3 is 0 Å². The second-order valence-corrected chi connectivity index (χ2v) is 6.17. The Morgan fingerprint density at radius 3 is 2.95 bits per heavy atom. The van der Waals surface area contributed by atoms with Gasteiger partial charge in [0.15, 0.2) is 0 Å². The largest absolute Gasteiger partial charge is 0.378 e. The van der Waals surface area contributed by atoms with Gasteiger partial charge in [-0.1, -0.05) is 6.42 Å². The van der Waals surface area contributed by atoms with Crippen LogP contribution in [0.15, 0.2) is 6.07 Å². The van der Waals surface area contributed by atoms with Crippen LogP contribution < -0.4 is 5.32 Å². The number of carbonyl (C=O) groups excluding carboxylic acids is 1. The van der Waals surface area contributed by atoms with E-state index in [2.05, 4.69) is 15.3 Å². The van der Waals surface area contributed by atoms with Crippen molar-refractivity contribution >= 4 is 11.7 Å². The maximum Gasteiger partial charge on any atom is 0.245 e. The predicted molar refractivity (Wildman–Crippen MR) is 80.1 cm³/mol. The molecule has 1 saturated carbocycles. The van der Waals surface area contributed by atoms with Crippen LogP contribution in [-0.2, 0) is 16.6 Å². The monoisotopic (exact) mass is 292 g/mol. The summed E-state index contributed by atoms with van der Waals surface area (Å²) in [6, 6.07) is 1.70. The summed E-state index contributed by atoms with van der Waals surface area (Å²) in [5.74, 6) is 1.51. The Balaban J connectivity index is 1.64. The van der Waals surface area contributed by atoms with E-state index in [0.29, 0.717) is 6.61 Å². The fraction of sp³-hybridized carbons (Fsp3) is 0.733. The third-order valence-corrected chi connectivity index (χ3v) is 4.51. The van der Waals surface area contributed by atoms with E-state index in [-0.39, 0.29) is 11.9 Å². The molecular weight excluding hydrogens is 268 g/mol. The van der Waals surface area contributed by atoms with E-state index < -0.39 is 0 Å². The van der Waals surface area contributed by atoms with Crippen molar-refractivity contribution in [3.05, 3.63) is 11.8 Å². The third-order valence-electron chi connectivity index (χ3n) is 4.51. The van der Waals surface area contributed by atoms with Crippen LogP contribution in [0.1, 0.15) is 25.0 Å². The van der Waals surface area contributed by atoms with Gasteiger partial charge < -0.3 is 10.1 Å². The van der Waals surface area contributed by atoms with E-state index in [1.807, 2.05) is 20.0 Å². The predicted octanol–water partition coefficient (Wildman–Crippen LogP) is 1.17. The topological polar surface area (TPSA) is 59.4 Å². The maximum atomic E-state index is 12.6. The Morgan fingerprint density at radius 2 is 2.33 bits per heavy atom. The van der Waals surface area contributed by atoms with E-state index >= 15 is 0 Å². The molecule has 0 aromatic carbocycles. The highest BCUT2D eigenvalue weighted by Crippen LogP contribution is 2.28. The molecule has 1 unspecified atom stereocenters. The molecule has 6 heteroatoms. The lowest BCUT2D eigenvalue weighted by Crippen LogP contribution is -2.53. The Labute approximate surface area is 125 Å². The SMILES string of the molecule is Cc1cc(NC(=O)C2COCCN2CC2CCC2)n(C)n1. The van der Waals surface area contributed by atoms with E-state index in [4.69, 9.17) is 4.74 Å². The zero-order valence-corrected chi connectivity index (χ0v) is 12.8. The Kier molecular flexibility index (Phi) is 4.26.